The van der Waals surface area contributed by atoms with Crippen LogP contribution in [0.1, 0.15) is 19.3 Å². The molecule has 1 aliphatic rings. The van der Waals surface area contributed by atoms with E-state index in [2.05, 4.69) is 14.7 Å². The smallest absolute Gasteiger partial charge is 0.306 e. The van der Waals surface area contributed by atoms with E-state index in [4.69, 9.17) is 11.6 Å². The van der Waals surface area contributed by atoms with Gasteiger partial charge in [-0.05, 0) is 29.9 Å². The molecule has 1 aromatic rings. The van der Waals surface area contributed by atoms with Gasteiger partial charge in [-0.1, -0.05) is 0 Å². The fraction of sp³-hybridized carbons (Fsp3) is 0.545. The van der Waals surface area contributed by atoms with E-state index in [0.717, 1.165) is 19.0 Å². The maximum atomic E-state index is 13.4. The lowest BCUT2D eigenvalue weighted by atomic mass is 10.1. The number of nitrogens with zero attached hydrogens (tertiary/aromatic N) is 2. The second-order valence-electron chi connectivity index (χ2n) is 4.33. The van der Waals surface area contributed by atoms with Crippen LogP contribution in [0.2, 0.25) is 5.28 Å². The number of methoxy groups -OCH3 is 1. The van der Waals surface area contributed by atoms with Gasteiger partial charge in [0.2, 0.25) is 5.28 Å². The molecule has 4 nitrogen and oxygen atoms in total. The Bertz CT molecular complexity index is 468. The highest BCUT2D eigenvalue weighted by molar-refractivity contribution is 7.99. The fourth-order valence-electron chi connectivity index (χ4n) is 1.58. The molecule has 0 N–H and O–H groups in total. The molecule has 1 fully saturated rings. The standard InChI is InChI=1S/C11H12ClFN2O2S/c1-17-8(16)4-11(2-3-11)6-18-9-7(13)5-14-10(12)15-9/h5H,2-4,6H2,1H3. The van der Waals surface area contributed by atoms with Gasteiger partial charge in [0.1, 0.15) is 5.03 Å². The number of carbonyl (C=O) groups is 1. The van der Waals surface area contributed by atoms with Crippen molar-refractivity contribution < 1.29 is 13.9 Å². The Morgan fingerprint density at radius 3 is 3.00 bits per heavy atom. The molecule has 0 spiro atoms. The molecule has 0 radical (unpaired) electrons. The molecular formula is C11H12ClFN2O2S. The summed E-state index contributed by atoms with van der Waals surface area (Å²) in [5, 5.41) is 0.253. The van der Waals surface area contributed by atoms with Gasteiger partial charge in [-0.2, -0.15) is 0 Å². The molecule has 1 aromatic heterocycles. The minimum absolute atomic E-state index is 0.0247. The maximum absolute atomic E-state index is 13.4. The molecule has 0 amide bonds. The summed E-state index contributed by atoms with van der Waals surface area (Å²) in [6, 6.07) is 0. The van der Waals surface area contributed by atoms with Crippen molar-refractivity contribution in [2.75, 3.05) is 12.9 Å². The fourth-order valence-corrected chi connectivity index (χ4v) is 2.94. The minimum atomic E-state index is -0.488. The first-order valence-electron chi connectivity index (χ1n) is 5.42. The third kappa shape index (κ3) is 3.32. The predicted octanol–water partition coefficient (Wildman–Crippen LogP) is 2.70. The molecule has 18 heavy (non-hydrogen) atoms. The number of thioether (sulfide) groups is 1. The first kappa shape index (κ1) is 13.5. The molecule has 7 heteroatoms. The van der Waals surface area contributed by atoms with E-state index < -0.39 is 5.82 Å². The second kappa shape index (κ2) is 5.40. The van der Waals surface area contributed by atoms with Crippen LogP contribution in [0.5, 0.6) is 0 Å². The van der Waals surface area contributed by atoms with Crippen LogP contribution in [0.4, 0.5) is 4.39 Å². The van der Waals surface area contributed by atoms with Crippen molar-refractivity contribution >= 4 is 29.3 Å². The first-order valence-corrected chi connectivity index (χ1v) is 6.79. The zero-order chi connectivity index (χ0) is 13.2. The zero-order valence-electron chi connectivity index (χ0n) is 9.78. The van der Waals surface area contributed by atoms with Crippen LogP contribution in [0.15, 0.2) is 11.2 Å². The Labute approximate surface area is 113 Å². The molecule has 0 aromatic carbocycles. The Morgan fingerprint density at radius 2 is 2.39 bits per heavy atom. The summed E-state index contributed by atoms with van der Waals surface area (Å²) in [6.07, 6.45) is 3.33. The monoisotopic (exact) mass is 290 g/mol. The Kier molecular flexibility index (Phi) is 4.07. The molecule has 0 atom stereocenters. The summed E-state index contributed by atoms with van der Waals surface area (Å²) in [4.78, 5) is 18.6. The topological polar surface area (TPSA) is 52.1 Å². The number of aromatic nitrogens is 2. The van der Waals surface area contributed by atoms with E-state index in [1.807, 2.05) is 0 Å². The van der Waals surface area contributed by atoms with Crippen LogP contribution in [-0.2, 0) is 9.53 Å². The highest BCUT2D eigenvalue weighted by Gasteiger charge is 2.44. The first-order chi connectivity index (χ1) is 8.54. The highest BCUT2D eigenvalue weighted by atomic mass is 35.5. The van der Waals surface area contributed by atoms with Crippen molar-refractivity contribution in [3.63, 3.8) is 0 Å². The van der Waals surface area contributed by atoms with E-state index in [0.29, 0.717) is 12.2 Å². The zero-order valence-corrected chi connectivity index (χ0v) is 11.4. The minimum Gasteiger partial charge on any atom is -0.469 e. The van der Waals surface area contributed by atoms with Crippen LogP contribution >= 0.6 is 23.4 Å². The summed E-state index contributed by atoms with van der Waals surface area (Å²) in [7, 11) is 1.37. The molecular weight excluding hydrogens is 279 g/mol. The second-order valence-corrected chi connectivity index (χ2v) is 5.64. The predicted molar refractivity (Wildman–Crippen MR) is 66.0 cm³/mol. The summed E-state index contributed by atoms with van der Waals surface area (Å²) >= 11 is 6.88. The number of hydrogen-bond acceptors (Lipinski definition) is 5. The van der Waals surface area contributed by atoms with Crippen LogP contribution < -0.4 is 0 Å². The average molecular weight is 291 g/mol. The third-order valence-electron chi connectivity index (χ3n) is 2.90. The number of esters is 1. The van der Waals surface area contributed by atoms with E-state index in [1.54, 1.807) is 0 Å². The molecule has 1 aliphatic carbocycles. The van der Waals surface area contributed by atoms with Gasteiger partial charge in [-0.25, -0.2) is 14.4 Å². The number of ether oxygens (including phenoxy) is 1. The molecule has 0 unspecified atom stereocenters. The molecule has 98 valence electrons. The van der Waals surface area contributed by atoms with Crippen molar-refractivity contribution in [3.05, 3.63) is 17.3 Å². The van der Waals surface area contributed by atoms with Gasteiger partial charge in [0.25, 0.3) is 0 Å². The van der Waals surface area contributed by atoms with Gasteiger partial charge in [-0.15, -0.1) is 11.8 Å². The van der Waals surface area contributed by atoms with Gasteiger partial charge in [0.05, 0.1) is 19.7 Å². The number of rotatable bonds is 5. The van der Waals surface area contributed by atoms with E-state index in [9.17, 15) is 9.18 Å². The lowest BCUT2D eigenvalue weighted by molar-refractivity contribution is -0.141. The van der Waals surface area contributed by atoms with Crippen molar-refractivity contribution in [2.45, 2.75) is 24.3 Å². The molecule has 1 saturated carbocycles. The molecule has 0 aliphatic heterocycles. The van der Waals surface area contributed by atoms with Gasteiger partial charge < -0.3 is 4.74 Å². The summed E-state index contributed by atoms with van der Waals surface area (Å²) in [5.41, 5.74) is -0.0678. The Hall–Kier alpha value is -0.880. The molecule has 0 bridgehead atoms. The van der Waals surface area contributed by atoms with Crippen LogP contribution in [0, 0.1) is 11.2 Å². The summed E-state index contributed by atoms with van der Waals surface area (Å²) < 4.78 is 18.0. The van der Waals surface area contributed by atoms with Crippen LogP contribution in [-0.4, -0.2) is 28.8 Å². The van der Waals surface area contributed by atoms with Gasteiger partial charge in [0.15, 0.2) is 5.82 Å². The SMILES string of the molecule is COC(=O)CC1(CSc2nc(Cl)ncc2F)CC1. The van der Waals surface area contributed by atoms with Crippen molar-refractivity contribution in [1.29, 1.82) is 0 Å². The highest BCUT2D eigenvalue weighted by Crippen LogP contribution is 2.52. The van der Waals surface area contributed by atoms with E-state index >= 15 is 0 Å². The van der Waals surface area contributed by atoms with Crippen molar-refractivity contribution in [1.82, 2.24) is 9.97 Å². The van der Waals surface area contributed by atoms with Crippen molar-refractivity contribution in [2.24, 2.45) is 5.41 Å². The number of halogens is 2. The number of carbonyl (C=O) groups excluding carboxylic acids is 1. The third-order valence-corrected chi connectivity index (χ3v) is 4.40. The maximum Gasteiger partial charge on any atom is 0.306 e. The summed E-state index contributed by atoms with van der Waals surface area (Å²) in [5.74, 6) is -0.0839. The molecule has 1 heterocycles. The van der Waals surface area contributed by atoms with E-state index in [-0.39, 0.29) is 21.7 Å². The lowest BCUT2D eigenvalue weighted by Crippen LogP contribution is -2.13. The normalized spacial score (nSPS) is 16.4. The van der Waals surface area contributed by atoms with Gasteiger partial charge in [0, 0.05) is 5.75 Å². The van der Waals surface area contributed by atoms with Crippen LogP contribution in [0.25, 0.3) is 0 Å². The van der Waals surface area contributed by atoms with Gasteiger partial charge >= 0.3 is 5.97 Å². The quantitative estimate of drug-likeness (QED) is 0.361. The van der Waals surface area contributed by atoms with Crippen LogP contribution in [0.3, 0.4) is 0 Å². The average Bonchev–Trinajstić information content (AvgIpc) is 3.10. The van der Waals surface area contributed by atoms with Crippen molar-refractivity contribution in [3.8, 4) is 0 Å². The molecule has 2 rings (SSSR count). The largest absolute Gasteiger partial charge is 0.469 e. The summed E-state index contributed by atoms with van der Waals surface area (Å²) in [6.45, 7) is 0. The number of hydrogen-bond donors (Lipinski definition) is 0. The van der Waals surface area contributed by atoms with Gasteiger partial charge in [-0.3, -0.25) is 4.79 Å². The van der Waals surface area contributed by atoms with E-state index in [1.165, 1.54) is 18.9 Å². The lowest BCUT2D eigenvalue weighted by Gasteiger charge is -2.12. The molecule has 0 saturated heterocycles. The Morgan fingerprint density at radius 1 is 1.67 bits per heavy atom. The Balaban J connectivity index is 1.95.